The number of nitrogens with one attached hydrogen (secondary N) is 2. The minimum absolute atomic E-state index is 0.955. The van der Waals surface area contributed by atoms with Crippen molar-refractivity contribution < 1.29 is 0 Å². The summed E-state index contributed by atoms with van der Waals surface area (Å²) in [6.07, 6.45) is 4.83. The molecule has 1 aliphatic rings. The monoisotopic (exact) mass is 225 g/mol. The number of nitrogens with zero attached hydrogens (tertiary/aromatic N) is 1. The van der Waals surface area contributed by atoms with Gasteiger partial charge in [-0.25, -0.2) is 4.98 Å². The quantitative estimate of drug-likeness (QED) is 0.691. The van der Waals surface area contributed by atoms with Crippen LogP contribution in [0.15, 0.2) is 6.20 Å². The van der Waals surface area contributed by atoms with Crippen LogP contribution >= 0.6 is 11.3 Å². The summed E-state index contributed by atoms with van der Waals surface area (Å²) >= 11 is 1.77. The number of hydrogen-bond acceptors (Lipinski definition) is 4. The first-order valence-electron chi connectivity index (χ1n) is 5.67. The van der Waals surface area contributed by atoms with Gasteiger partial charge in [0.05, 0.1) is 5.01 Å². The normalized spacial score (nSPS) is 15.8. The molecule has 4 heteroatoms. The van der Waals surface area contributed by atoms with Crippen LogP contribution in [0.25, 0.3) is 0 Å². The van der Waals surface area contributed by atoms with Crippen molar-refractivity contribution in [2.45, 2.75) is 26.3 Å². The van der Waals surface area contributed by atoms with E-state index in [0.717, 1.165) is 30.6 Å². The minimum atomic E-state index is 0.955. The van der Waals surface area contributed by atoms with Crippen molar-refractivity contribution in [1.82, 2.24) is 15.6 Å². The van der Waals surface area contributed by atoms with Crippen molar-refractivity contribution in [3.05, 3.63) is 16.1 Å². The zero-order chi connectivity index (χ0) is 10.5. The molecule has 0 radical (unpaired) electrons. The molecule has 0 atom stereocenters. The third-order valence-electron chi connectivity index (χ3n) is 2.58. The maximum Gasteiger partial charge on any atom is 0.0897 e. The summed E-state index contributed by atoms with van der Waals surface area (Å²) < 4.78 is 0. The van der Waals surface area contributed by atoms with E-state index in [1.807, 2.05) is 13.1 Å². The summed E-state index contributed by atoms with van der Waals surface area (Å²) in [5.41, 5.74) is 0. The Balaban J connectivity index is 1.47. The Morgan fingerprint density at radius 3 is 2.87 bits per heavy atom. The fourth-order valence-corrected chi connectivity index (χ4v) is 2.27. The summed E-state index contributed by atoms with van der Waals surface area (Å²) in [5, 5.41) is 8.03. The average molecular weight is 225 g/mol. The molecule has 3 nitrogen and oxygen atoms in total. The van der Waals surface area contributed by atoms with Gasteiger partial charge in [-0.2, -0.15) is 0 Å². The Bertz CT molecular complexity index is 294. The van der Waals surface area contributed by atoms with Crippen molar-refractivity contribution in [1.29, 1.82) is 0 Å². The van der Waals surface area contributed by atoms with E-state index < -0.39 is 0 Å². The third kappa shape index (κ3) is 4.28. The molecule has 1 aromatic heterocycles. The molecule has 15 heavy (non-hydrogen) atoms. The highest BCUT2D eigenvalue weighted by Gasteiger charge is 2.19. The molecule has 1 heterocycles. The van der Waals surface area contributed by atoms with Gasteiger partial charge in [0.1, 0.15) is 0 Å². The van der Waals surface area contributed by atoms with Gasteiger partial charge in [0.25, 0.3) is 0 Å². The molecule has 1 aliphatic carbocycles. The van der Waals surface area contributed by atoms with Crippen LogP contribution in [0.5, 0.6) is 0 Å². The summed E-state index contributed by atoms with van der Waals surface area (Å²) in [6, 6.07) is 0. The maximum absolute atomic E-state index is 4.23. The largest absolute Gasteiger partial charge is 0.315 e. The zero-order valence-electron chi connectivity index (χ0n) is 9.25. The van der Waals surface area contributed by atoms with Gasteiger partial charge in [-0.3, -0.25) is 0 Å². The zero-order valence-corrected chi connectivity index (χ0v) is 10.1. The van der Waals surface area contributed by atoms with E-state index in [1.54, 1.807) is 11.3 Å². The third-order valence-corrected chi connectivity index (χ3v) is 3.49. The van der Waals surface area contributed by atoms with E-state index in [-0.39, 0.29) is 0 Å². The smallest absolute Gasteiger partial charge is 0.0897 e. The number of aromatic nitrogens is 1. The summed E-state index contributed by atoms with van der Waals surface area (Å²) in [4.78, 5) is 5.55. The molecule has 0 spiro atoms. The van der Waals surface area contributed by atoms with Crippen LogP contribution in [0, 0.1) is 12.8 Å². The lowest BCUT2D eigenvalue weighted by Crippen LogP contribution is -2.28. The molecule has 2 N–H and O–H groups in total. The molecule has 2 rings (SSSR count). The first-order valence-corrected chi connectivity index (χ1v) is 6.49. The molecule has 0 aliphatic heterocycles. The molecule has 0 aromatic carbocycles. The van der Waals surface area contributed by atoms with Gasteiger partial charge < -0.3 is 10.6 Å². The highest BCUT2D eigenvalue weighted by molar-refractivity contribution is 7.11. The second-order valence-electron chi connectivity index (χ2n) is 4.17. The molecular formula is C11H19N3S. The van der Waals surface area contributed by atoms with Crippen molar-refractivity contribution in [2.75, 3.05) is 19.6 Å². The van der Waals surface area contributed by atoms with Gasteiger partial charge in [0, 0.05) is 30.7 Å². The van der Waals surface area contributed by atoms with Crippen molar-refractivity contribution >= 4 is 11.3 Å². The van der Waals surface area contributed by atoms with Crippen LogP contribution in [0.4, 0.5) is 0 Å². The standard InChI is InChI=1S/C11H19N3S/c1-9-14-8-11(15-9)7-13-5-4-12-6-10-2-3-10/h8,10,12-13H,2-7H2,1H3. The lowest BCUT2D eigenvalue weighted by Gasteiger charge is -2.04. The van der Waals surface area contributed by atoms with Crippen LogP contribution in [0.1, 0.15) is 22.7 Å². The Kier molecular flexibility index (Phi) is 4.11. The van der Waals surface area contributed by atoms with Gasteiger partial charge in [-0.1, -0.05) is 0 Å². The lowest BCUT2D eigenvalue weighted by atomic mass is 10.4. The fourth-order valence-electron chi connectivity index (χ4n) is 1.50. The number of hydrogen-bond donors (Lipinski definition) is 2. The Labute approximate surface area is 95.3 Å². The van der Waals surface area contributed by atoms with E-state index in [4.69, 9.17) is 0 Å². The van der Waals surface area contributed by atoms with E-state index in [2.05, 4.69) is 15.6 Å². The minimum Gasteiger partial charge on any atom is -0.315 e. The topological polar surface area (TPSA) is 37.0 Å². The van der Waals surface area contributed by atoms with Crippen LogP contribution in [0.3, 0.4) is 0 Å². The van der Waals surface area contributed by atoms with Gasteiger partial charge in [-0.05, 0) is 32.2 Å². The van der Waals surface area contributed by atoms with Crippen LogP contribution < -0.4 is 10.6 Å². The predicted molar refractivity (Wildman–Crippen MR) is 64.2 cm³/mol. The van der Waals surface area contributed by atoms with Crippen molar-refractivity contribution in [2.24, 2.45) is 5.92 Å². The Hall–Kier alpha value is -0.450. The van der Waals surface area contributed by atoms with Gasteiger partial charge in [-0.15, -0.1) is 11.3 Å². The maximum atomic E-state index is 4.23. The molecular weight excluding hydrogens is 206 g/mol. The summed E-state index contributed by atoms with van der Waals surface area (Å²) in [7, 11) is 0. The molecule has 0 unspecified atom stereocenters. The van der Waals surface area contributed by atoms with Crippen molar-refractivity contribution in [3.8, 4) is 0 Å². The predicted octanol–water partition coefficient (Wildman–Crippen LogP) is 1.54. The summed E-state index contributed by atoms with van der Waals surface area (Å²) in [5.74, 6) is 0.981. The van der Waals surface area contributed by atoms with E-state index in [1.165, 1.54) is 24.3 Å². The Morgan fingerprint density at radius 1 is 1.40 bits per heavy atom. The van der Waals surface area contributed by atoms with Gasteiger partial charge in [0.2, 0.25) is 0 Å². The van der Waals surface area contributed by atoms with Crippen LogP contribution in [0.2, 0.25) is 0 Å². The van der Waals surface area contributed by atoms with Crippen LogP contribution in [-0.2, 0) is 6.54 Å². The van der Waals surface area contributed by atoms with Crippen molar-refractivity contribution in [3.63, 3.8) is 0 Å². The first-order chi connectivity index (χ1) is 7.34. The fraction of sp³-hybridized carbons (Fsp3) is 0.727. The molecule has 84 valence electrons. The molecule has 0 saturated heterocycles. The second kappa shape index (κ2) is 5.58. The number of aryl methyl sites for hydroxylation is 1. The Morgan fingerprint density at radius 2 is 2.20 bits per heavy atom. The number of thiazole rings is 1. The number of rotatable bonds is 7. The summed E-state index contributed by atoms with van der Waals surface area (Å²) in [6.45, 7) is 6.33. The van der Waals surface area contributed by atoms with E-state index in [0.29, 0.717) is 0 Å². The molecule has 1 aromatic rings. The average Bonchev–Trinajstić information content (AvgIpc) is 2.95. The van der Waals surface area contributed by atoms with Gasteiger partial charge >= 0.3 is 0 Å². The highest BCUT2D eigenvalue weighted by Crippen LogP contribution is 2.27. The lowest BCUT2D eigenvalue weighted by molar-refractivity contribution is 0.591. The molecule has 1 saturated carbocycles. The first kappa shape index (κ1) is 11.0. The molecule has 1 fully saturated rings. The van der Waals surface area contributed by atoms with E-state index in [9.17, 15) is 0 Å². The van der Waals surface area contributed by atoms with Gasteiger partial charge in [0.15, 0.2) is 0 Å². The van der Waals surface area contributed by atoms with E-state index >= 15 is 0 Å². The molecule has 0 bridgehead atoms. The molecule has 0 amide bonds. The SMILES string of the molecule is Cc1ncc(CNCCNCC2CC2)s1. The van der Waals surface area contributed by atoms with Crippen LogP contribution in [-0.4, -0.2) is 24.6 Å². The second-order valence-corrected chi connectivity index (χ2v) is 5.49. The highest BCUT2D eigenvalue weighted by atomic mass is 32.1.